The lowest BCUT2D eigenvalue weighted by Crippen LogP contribution is -2.17. The molecule has 19 heavy (non-hydrogen) atoms. The molecular weight excluding hydrogens is 328 g/mol. The van der Waals surface area contributed by atoms with Crippen LogP contribution in [0, 0.1) is 0 Å². The van der Waals surface area contributed by atoms with Crippen molar-refractivity contribution in [3.63, 3.8) is 0 Å². The van der Waals surface area contributed by atoms with Crippen LogP contribution in [-0.2, 0) is 0 Å². The van der Waals surface area contributed by atoms with Crippen LogP contribution in [0.2, 0.25) is 5.02 Å². The fraction of sp³-hybridized carbons (Fsp3) is 0. The predicted molar refractivity (Wildman–Crippen MR) is 80.7 cm³/mol. The molecule has 96 valence electrons. The normalized spacial score (nSPS) is 10.6. The molecule has 3 nitrogen and oxygen atoms in total. The van der Waals surface area contributed by atoms with Crippen molar-refractivity contribution in [3.05, 3.63) is 69.2 Å². The van der Waals surface area contributed by atoms with Gasteiger partial charge >= 0.3 is 0 Å². The molecule has 2 aromatic rings. The number of hydrogen-bond acceptors (Lipinski definition) is 2. The first-order valence-electron chi connectivity index (χ1n) is 5.50. The minimum absolute atomic E-state index is 0.268. The van der Waals surface area contributed by atoms with Gasteiger partial charge in [0, 0.05) is 20.6 Å². The van der Waals surface area contributed by atoms with Crippen molar-refractivity contribution in [2.75, 3.05) is 0 Å². The standard InChI is InChI=1S/C14H10BrClN2O/c15-12-7-5-10(6-8-12)14(19)18-17-9-11-3-1-2-4-13(11)16/h1-9H,(H,18,19)/b17-9+. The van der Waals surface area contributed by atoms with Crippen molar-refractivity contribution in [1.29, 1.82) is 0 Å². The molecule has 0 heterocycles. The van der Waals surface area contributed by atoms with Crippen molar-refractivity contribution in [1.82, 2.24) is 5.43 Å². The maximum absolute atomic E-state index is 11.8. The third-order valence-electron chi connectivity index (χ3n) is 2.38. The summed E-state index contributed by atoms with van der Waals surface area (Å²) in [7, 11) is 0. The van der Waals surface area contributed by atoms with Gasteiger partial charge in [0.25, 0.3) is 5.91 Å². The zero-order valence-electron chi connectivity index (χ0n) is 9.81. The molecule has 0 spiro atoms. The number of halogens is 2. The van der Waals surface area contributed by atoms with Crippen LogP contribution in [0.15, 0.2) is 58.1 Å². The maximum Gasteiger partial charge on any atom is 0.271 e. The number of carbonyl (C=O) groups excluding carboxylic acids is 1. The smallest absolute Gasteiger partial charge is 0.267 e. The lowest BCUT2D eigenvalue weighted by atomic mass is 10.2. The van der Waals surface area contributed by atoms with E-state index in [2.05, 4.69) is 26.5 Å². The summed E-state index contributed by atoms with van der Waals surface area (Å²) in [6.07, 6.45) is 1.51. The second-order valence-electron chi connectivity index (χ2n) is 3.73. The number of nitrogens with one attached hydrogen (secondary N) is 1. The van der Waals surface area contributed by atoms with Gasteiger partial charge in [-0.25, -0.2) is 5.43 Å². The van der Waals surface area contributed by atoms with E-state index in [0.29, 0.717) is 10.6 Å². The minimum Gasteiger partial charge on any atom is -0.267 e. The Hall–Kier alpha value is -1.65. The molecular formula is C14H10BrClN2O. The fourth-order valence-corrected chi connectivity index (χ4v) is 1.85. The molecule has 0 unspecified atom stereocenters. The Balaban J connectivity index is 2.01. The van der Waals surface area contributed by atoms with Gasteiger partial charge in [-0.2, -0.15) is 5.10 Å². The van der Waals surface area contributed by atoms with E-state index in [1.54, 1.807) is 30.3 Å². The van der Waals surface area contributed by atoms with E-state index in [1.807, 2.05) is 18.2 Å². The molecule has 0 fully saturated rings. The van der Waals surface area contributed by atoms with E-state index in [0.717, 1.165) is 10.0 Å². The van der Waals surface area contributed by atoms with Crippen molar-refractivity contribution >= 4 is 39.7 Å². The summed E-state index contributed by atoms with van der Waals surface area (Å²) in [5, 5.41) is 4.47. The Morgan fingerprint density at radius 1 is 1.16 bits per heavy atom. The number of hydrazone groups is 1. The number of amides is 1. The Labute approximate surface area is 124 Å². The van der Waals surface area contributed by atoms with Crippen molar-refractivity contribution in [2.45, 2.75) is 0 Å². The third-order valence-corrected chi connectivity index (χ3v) is 3.25. The topological polar surface area (TPSA) is 41.5 Å². The number of nitrogens with zero attached hydrogens (tertiary/aromatic N) is 1. The highest BCUT2D eigenvalue weighted by atomic mass is 79.9. The fourth-order valence-electron chi connectivity index (χ4n) is 1.41. The molecule has 0 aliphatic heterocycles. The number of rotatable bonds is 3. The molecule has 0 saturated heterocycles. The predicted octanol–water partition coefficient (Wildman–Crippen LogP) is 3.87. The highest BCUT2D eigenvalue weighted by molar-refractivity contribution is 9.10. The zero-order valence-corrected chi connectivity index (χ0v) is 12.1. The molecule has 0 radical (unpaired) electrons. The molecule has 0 atom stereocenters. The van der Waals surface area contributed by atoms with Gasteiger partial charge in [0.1, 0.15) is 0 Å². The SMILES string of the molecule is O=C(N/N=C/c1ccccc1Cl)c1ccc(Br)cc1. The van der Waals surface area contributed by atoms with Crippen LogP contribution in [0.5, 0.6) is 0 Å². The second-order valence-corrected chi connectivity index (χ2v) is 5.05. The Morgan fingerprint density at radius 2 is 1.84 bits per heavy atom. The van der Waals surface area contributed by atoms with E-state index < -0.39 is 0 Å². The summed E-state index contributed by atoms with van der Waals surface area (Å²) in [4.78, 5) is 11.8. The first kappa shape index (κ1) is 13.8. The monoisotopic (exact) mass is 336 g/mol. The van der Waals surface area contributed by atoms with Crippen LogP contribution in [-0.4, -0.2) is 12.1 Å². The zero-order chi connectivity index (χ0) is 13.7. The third kappa shape index (κ3) is 3.91. The molecule has 0 aromatic heterocycles. The molecule has 0 aliphatic rings. The van der Waals surface area contributed by atoms with Gasteiger partial charge in [-0.1, -0.05) is 45.7 Å². The molecule has 1 N–H and O–H groups in total. The maximum atomic E-state index is 11.8. The lowest BCUT2D eigenvalue weighted by molar-refractivity contribution is 0.0955. The quantitative estimate of drug-likeness (QED) is 0.670. The first-order chi connectivity index (χ1) is 9.16. The van der Waals surface area contributed by atoms with Gasteiger partial charge in [0.05, 0.1) is 6.21 Å². The summed E-state index contributed by atoms with van der Waals surface area (Å²) in [5.74, 6) is -0.268. The largest absolute Gasteiger partial charge is 0.271 e. The van der Waals surface area contributed by atoms with Crippen molar-refractivity contribution < 1.29 is 4.79 Å². The van der Waals surface area contributed by atoms with Gasteiger partial charge in [-0.15, -0.1) is 0 Å². The van der Waals surface area contributed by atoms with Gasteiger partial charge < -0.3 is 0 Å². The van der Waals surface area contributed by atoms with Crippen LogP contribution < -0.4 is 5.43 Å². The van der Waals surface area contributed by atoms with Crippen molar-refractivity contribution in [3.8, 4) is 0 Å². The van der Waals surface area contributed by atoms with E-state index in [-0.39, 0.29) is 5.91 Å². The number of hydrogen-bond donors (Lipinski definition) is 1. The molecule has 0 bridgehead atoms. The molecule has 2 aromatic carbocycles. The average molecular weight is 338 g/mol. The van der Waals surface area contributed by atoms with Gasteiger partial charge in [-0.3, -0.25) is 4.79 Å². The summed E-state index contributed by atoms with van der Waals surface area (Å²) in [6.45, 7) is 0. The molecule has 5 heteroatoms. The van der Waals surface area contributed by atoms with Gasteiger partial charge in [-0.05, 0) is 30.3 Å². The van der Waals surface area contributed by atoms with Crippen molar-refractivity contribution in [2.24, 2.45) is 5.10 Å². The second kappa shape index (κ2) is 6.50. The van der Waals surface area contributed by atoms with Crippen LogP contribution >= 0.6 is 27.5 Å². The number of carbonyl (C=O) groups is 1. The Morgan fingerprint density at radius 3 is 2.53 bits per heavy atom. The highest BCUT2D eigenvalue weighted by Gasteiger charge is 2.03. The van der Waals surface area contributed by atoms with Gasteiger partial charge in [0.15, 0.2) is 0 Å². The van der Waals surface area contributed by atoms with Crippen LogP contribution in [0.25, 0.3) is 0 Å². The summed E-state index contributed by atoms with van der Waals surface area (Å²) in [5.41, 5.74) is 3.74. The first-order valence-corrected chi connectivity index (χ1v) is 6.67. The van der Waals surface area contributed by atoms with E-state index >= 15 is 0 Å². The summed E-state index contributed by atoms with van der Waals surface area (Å²) < 4.78 is 0.920. The molecule has 1 amide bonds. The molecule has 0 aliphatic carbocycles. The van der Waals surface area contributed by atoms with Crippen LogP contribution in [0.3, 0.4) is 0 Å². The highest BCUT2D eigenvalue weighted by Crippen LogP contribution is 2.12. The lowest BCUT2D eigenvalue weighted by Gasteiger charge is -2.00. The van der Waals surface area contributed by atoms with Crippen LogP contribution in [0.1, 0.15) is 15.9 Å². The average Bonchev–Trinajstić information content (AvgIpc) is 2.41. The van der Waals surface area contributed by atoms with E-state index in [9.17, 15) is 4.79 Å². The molecule has 0 saturated carbocycles. The minimum atomic E-state index is -0.268. The van der Waals surface area contributed by atoms with E-state index in [4.69, 9.17) is 11.6 Å². The van der Waals surface area contributed by atoms with Crippen LogP contribution in [0.4, 0.5) is 0 Å². The summed E-state index contributed by atoms with van der Waals surface area (Å²) >= 11 is 9.27. The summed E-state index contributed by atoms with van der Waals surface area (Å²) in [6, 6.07) is 14.3. The number of benzene rings is 2. The van der Waals surface area contributed by atoms with E-state index in [1.165, 1.54) is 6.21 Å². The Bertz CT molecular complexity index is 611. The Kier molecular flexibility index (Phi) is 4.71. The molecule has 2 rings (SSSR count). The van der Waals surface area contributed by atoms with Gasteiger partial charge in [0.2, 0.25) is 0 Å².